The lowest BCUT2D eigenvalue weighted by Gasteiger charge is -2.27. The van der Waals surface area contributed by atoms with E-state index in [9.17, 15) is 9.59 Å². The van der Waals surface area contributed by atoms with Gasteiger partial charge in [0.2, 0.25) is 0 Å². The van der Waals surface area contributed by atoms with Gasteiger partial charge in [-0.2, -0.15) is 0 Å². The molecular formula is C34H41NO2. The normalized spacial score (nSPS) is 17.4. The maximum Gasteiger partial charge on any atom is 0.160 e. The first-order valence-electron chi connectivity index (χ1n) is 13.7. The molecule has 3 aromatic rings. The summed E-state index contributed by atoms with van der Waals surface area (Å²) in [6, 6.07) is 19.1. The predicted octanol–water partition coefficient (Wildman–Crippen LogP) is 8.32. The minimum Gasteiger partial charge on any atom is -0.300 e. The maximum absolute atomic E-state index is 12.6. The van der Waals surface area contributed by atoms with Gasteiger partial charge < -0.3 is 0 Å². The lowest BCUT2D eigenvalue weighted by atomic mass is 9.78. The largest absolute Gasteiger partial charge is 0.300 e. The summed E-state index contributed by atoms with van der Waals surface area (Å²) in [7, 11) is 0. The summed E-state index contributed by atoms with van der Waals surface area (Å²) in [5.74, 6) is 1.44. The second kappa shape index (κ2) is 12.3. The van der Waals surface area contributed by atoms with Crippen molar-refractivity contribution in [3.8, 4) is 11.3 Å². The second-order valence-electron chi connectivity index (χ2n) is 10.6. The number of rotatable bonds is 10. The van der Waals surface area contributed by atoms with E-state index in [0.29, 0.717) is 18.1 Å². The van der Waals surface area contributed by atoms with Crippen molar-refractivity contribution in [2.45, 2.75) is 72.1 Å². The van der Waals surface area contributed by atoms with Crippen LogP contribution in [0.2, 0.25) is 0 Å². The average Bonchev–Trinajstić information content (AvgIpc) is 2.92. The summed E-state index contributed by atoms with van der Waals surface area (Å²) in [6.45, 7) is 9.46. The van der Waals surface area contributed by atoms with Gasteiger partial charge in [-0.1, -0.05) is 49.9 Å². The number of Topliss-reactive ketones (excluding diaryl/α,β-unsaturated/α-hetero) is 2. The molecule has 1 heterocycles. The Morgan fingerprint density at radius 1 is 1.00 bits per heavy atom. The second-order valence-corrected chi connectivity index (χ2v) is 10.6. The van der Waals surface area contributed by atoms with Crippen molar-refractivity contribution in [3.63, 3.8) is 0 Å². The highest BCUT2D eigenvalue weighted by Crippen LogP contribution is 2.32. The van der Waals surface area contributed by atoms with Crippen molar-refractivity contribution in [2.75, 3.05) is 0 Å². The average molecular weight is 496 g/mol. The SMILES string of the molecule is C=Cc1cc(-c2cccc(CC)n2)cc(Cc2ccc(CCC3CCC(C(C)=O)CC3)cc2)c1C(C)=O.[HH]. The number of aryl methyl sites for hydroxylation is 2. The van der Waals surface area contributed by atoms with E-state index in [-0.39, 0.29) is 7.21 Å². The van der Waals surface area contributed by atoms with Crippen LogP contribution in [-0.2, 0) is 24.1 Å². The Morgan fingerprint density at radius 2 is 1.70 bits per heavy atom. The standard InChI is InChI=1S/C34H39NO2.H2/c1-5-28-21-30(33-9-7-8-32(6-2)35-33)22-31(34(28)24(4)37)20-27-14-12-25(13-15-27)10-11-26-16-18-29(19-17-26)23(3)36;/h5,7-9,12-15,21-22,26,29H,1,6,10-11,16-20H2,2-4H3;1H. The maximum atomic E-state index is 12.6. The van der Waals surface area contributed by atoms with Crippen molar-refractivity contribution < 1.29 is 11.0 Å². The molecule has 3 heteroatoms. The van der Waals surface area contributed by atoms with Gasteiger partial charge in [-0.15, -0.1) is 0 Å². The molecule has 1 aromatic heterocycles. The number of ketones is 2. The number of carbonyl (C=O) groups excluding carboxylic acids is 2. The molecule has 1 saturated carbocycles. The van der Waals surface area contributed by atoms with Crippen molar-refractivity contribution in [1.29, 1.82) is 0 Å². The van der Waals surface area contributed by atoms with E-state index in [1.807, 2.05) is 24.3 Å². The molecule has 0 bridgehead atoms. The summed E-state index contributed by atoms with van der Waals surface area (Å²) < 4.78 is 0. The van der Waals surface area contributed by atoms with Gasteiger partial charge in [0.1, 0.15) is 5.78 Å². The first-order chi connectivity index (χ1) is 17.9. The van der Waals surface area contributed by atoms with Gasteiger partial charge in [-0.25, -0.2) is 0 Å². The summed E-state index contributed by atoms with van der Waals surface area (Å²) in [6.07, 6.45) is 10.1. The van der Waals surface area contributed by atoms with Crippen molar-refractivity contribution in [3.05, 3.63) is 94.7 Å². The molecule has 0 unspecified atom stereocenters. The fraction of sp³-hybridized carbons (Fsp3) is 0.382. The highest BCUT2D eigenvalue weighted by Gasteiger charge is 2.23. The van der Waals surface area contributed by atoms with Crippen LogP contribution >= 0.6 is 0 Å². The van der Waals surface area contributed by atoms with Gasteiger partial charge in [0, 0.05) is 24.2 Å². The molecule has 1 aliphatic carbocycles. The van der Waals surface area contributed by atoms with Crippen LogP contribution in [0.4, 0.5) is 0 Å². The zero-order chi connectivity index (χ0) is 26.4. The molecule has 1 fully saturated rings. The molecule has 194 valence electrons. The summed E-state index contributed by atoms with van der Waals surface area (Å²) >= 11 is 0. The molecule has 2 aromatic carbocycles. The van der Waals surface area contributed by atoms with E-state index in [1.54, 1.807) is 19.9 Å². The number of hydrogen-bond acceptors (Lipinski definition) is 3. The summed E-state index contributed by atoms with van der Waals surface area (Å²) in [5.41, 5.74) is 8.15. The zero-order valence-corrected chi connectivity index (χ0v) is 22.6. The first-order valence-corrected chi connectivity index (χ1v) is 13.7. The van der Waals surface area contributed by atoms with Crippen LogP contribution in [0, 0.1) is 11.8 Å². The molecule has 0 spiro atoms. The third-order valence-corrected chi connectivity index (χ3v) is 7.97. The third-order valence-electron chi connectivity index (χ3n) is 7.97. The number of hydrogen-bond donors (Lipinski definition) is 0. The van der Waals surface area contributed by atoms with Gasteiger partial charge in [-0.05, 0) is 118 Å². The van der Waals surface area contributed by atoms with Crippen LogP contribution in [0.3, 0.4) is 0 Å². The lowest BCUT2D eigenvalue weighted by Crippen LogP contribution is -2.20. The highest BCUT2D eigenvalue weighted by atomic mass is 16.1. The molecule has 4 rings (SSSR count). The number of pyridine rings is 1. The highest BCUT2D eigenvalue weighted by molar-refractivity contribution is 6.00. The Balaban J connectivity index is 0.00000400. The Labute approximate surface area is 223 Å². The molecule has 37 heavy (non-hydrogen) atoms. The molecule has 0 atom stereocenters. The zero-order valence-electron chi connectivity index (χ0n) is 22.6. The Morgan fingerprint density at radius 3 is 2.32 bits per heavy atom. The minimum absolute atomic E-state index is 0. The number of benzene rings is 2. The van der Waals surface area contributed by atoms with E-state index in [0.717, 1.165) is 65.2 Å². The van der Waals surface area contributed by atoms with Gasteiger partial charge in [0.25, 0.3) is 0 Å². The predicted molar refractivity (Wildman–Crippen MR) is 155 cm³/mol. The Kier molecular flexibility index (Phi) is 8.87. The van der Waals surface area contributed by atoms with Gasteiger partial charge in [0.05, 0.1) is 5.69 Å². The Bertz CT molecular complexity index is 1270. The van der Waals surface area contributed by atoms with E-state index >= 15 is 0 Å². The van der Waals surface area contributed by atoms with E-state index in [2.05, 4.69) is 43.8 Å². The number of nitrogens with zero attached hydrogens (tertiary/aromatic N) is 1. The van der Waals surface area contributed by atoms with E-state index < -0.39 is 0 Å². The fourth-order valence-electron chi connectivity index (χ4n) is 5.71. The van der Waals surface area contributed by atoms with Gasteiger partial charge in [0.15, 0.2) is 5.78 Å². The van der Waals surface area contributed by atoms with Crippen molar-refractivity contribution in [1.82, 2.24) is 4.98 Å². The quantitative estimate of drug-likeness (QED) is 0.266. The monoisotopic (exact) mass is 495 g/mol. The summed E-state index contributed by atoms with van der Waals surface area (Å²) in [5, 5.41) is 0. The minimum atomic E-state index is 0. The van der Waals surface area contributed by atoms with Crippen molar-refractivity contribution >= 4 is 17.6 Å². The van der Waals surface area contributed by atoms with Crippen LogP contribution in [0.25, 0.3) is 17.3 Å². The molecule has 3 nitrogen and oxygen atoms in total. The van der Waals surface area contributed by atoms with Gasteiger partial charge in [-0.3, -0.25) is 14.6 Å². The molecule has 0 radical (unpaired) electrons. The number of aromatic nitrogens is 1. The van der Waals surface area contributed by atoms with Crippen LogP contribution in [0.1, 0.15) is 92.6 Å². The Hall–Kier alpha value is -3.33. The van der Waals surface area contributed by atoms with E-state index in [1.165, 1.54) is 30.4 Å². The molecule has 0 saturated heterocycles. The number of carbonyl (C=O) groups is 2. The van der Waals surface area contributed by atoms with Gasteiger partial charge >= 0.3 is 0 Å². The molecule has 0 N–H and O–H groups in total. The summed E-state index contributed by atoms with van der Waals surface area (Å²) in [4.78, 5) is 29.1. The lowest BCUT2D eigenvalue weighted by molar-refractivity contribution is -0.121. The van der Waals surface area contributed by atoms with Crippen molar-refractivity contribution in [2.24, 2.45) is 11.8 Å². The molecule has 1 aliphatic rings. The molecular weight excluding hydrogens is 454 g/mol. The van der Waals surface area contributed by atoms with Crippen LogP contribution in [0.5, 0.6) is 0 Å². The van der Waals surface area contributed by atoms with E-state index in [4.69, 9.17) is 4.98 Å². The fourth-order valence-corrected chi connectivity index (χ4v) is 5.71. The smallest absolute Gasteiger partial charge is 0.160 e. The van der Waals surface area contributed by atoms with Crippen LogP contribution in [-0.4, -0.2) is 16.6 Å². The first kappa shape index (κ1) is 26.7. The molecule has 0 amide bonds. The van der Waals surface area contributed by atoms with Crippen LogP contribution < -0.4 is 0 Å². The molecule has 0 aliphatic heterocycles. The topological polar surface area (TPSA) is 47.0 Å². The third kappa shape index (κ3) is 6.71. The van der Waals surface area contributed by atoms with Crippen LogP contribution in [0.15, 0.2) is 61.2 Å².